The molecule has 0 aliphatic carbocycles. The Kier molecular flexibility index (Phi) is 5.40. The number of amides is 1. The summed E-state index contributed by atoms with van der Waals surface area (Å²) in [5.41, 5.74) is 0. The fourth-order valence-corrected chi connectivity index (χ4v) is 1.47. The van der Waals surface area contributed by atoms with E-state index in [1.165, 1.54) is 11.0 Å². The van der Waals surface area contributed by atoms with Gasteiger partial charge in [0.1, 0.15) is 0 Å². The fraction of sp³-hybridized carbons (Fsp3) is 0.625. The first kappa shape index (κ1) is 13.1. The first-order valence-electron chi connectivity index (χ1n) is 4.19. The van der Waals surface area contributed by atoms with Crippen molar-refractivity contribution in [3.8, 4) is 0 Å². The van der Waals surface area contributed by atoms with Crippen LogP contribution in [0.3, 0.4) is 0 Å². The van der Waals surface area contributed by atoms with E-state index in [-0.39, 0.29) is 11.7 Å². The lowest BCUT2D eigenvalue weighted by Gasteiger charge is -2.13. The highest BCUT2D eigenvalue weighted by atomic mass is 32.2. The lowest BCUT2D eigenvalue weighted by Crippen LogP contribution is -2.25. The number of unbranched alkanes of at least 4 members (excludes halogenated alkanes) is 1. The van der Waals surface area contributed by atoms with E-state index in [0.717, 1.165) is 0 Å². The van der Waals surface area contributed by atoms with Gasteiger partial charge in [0.25, 0.3) is 10.1 Å². The molecular formula is C8H15NO4S. The summed E-state index contributed by atoms with van der Waals surface area (Å²) in [7, 11) is -2.26. The van der Waals surface area contributed by atoms with Gasteiger partial charge in [-0.1, -0.05) is 6.58 Å². The predicted molar refractivity (Wildman–Crippen MR) is 53.5 cm³/mol. The van der Waals surface area contributed by atoms with Crippen molar-refractivity contribution in [3.05, 3.63) is 12.7 Å². The summed E-state index contributed by atoms with van der Waals surface area (Å²) in [6, 6.07) is 0. The molecule has 0 heterocycles. The number of rotatable bonds is 6. The molecule has 0 fully saturated rings. The van der Waals surface area contributed by atoms with Gasteiger partial charge in [-0.05, 0) is 18.9 Å². The summed E-state index contributed by atoms with van der Waals surface area (Å²) in [6.45, 7) is 3.78. The van der Waals surface area contributed by atoms with Gasteiger partial charge in [-0.15, -0.1) is 0 Å². The Bertz CT molecular complexity index is 296. The number of nitrogens with zero attached hydrogens (tertiary/aromatic N) is 1. The maximum absolute atomic E-state index is 10.9. The van der Waals surface area contributed by atoms with Crippen LogP contribution in [0.1, 0.15) is 12.8 Å². The van der Waals surface area contributed by atoms with Crippen molar-refractivity contribution in [1.29, 1.82) is 0 Å². The number of likely N-dealkylation sites (N-methyl/N-ethyl adjacent to an activating group) is 1. The Morgan fingerprint density at radius 1 is 1.50 bits per heavy atom. The molecule has 0 bridgehead atoms. The first-order valence-corrected chi connectivity index (χ1v) is 5.80. The molecule has 5 nitrogen and oxygen atoms in total. The second-order valence-electron chi connectivity index (χ2n) is 2.96. The van der Waals surface area contributed by atoms with Gasteiger partial charge in [0.2, 0.25) is 5.91 Å². The lowest BCUT2D eigenvalue weighted by atomic mass is 10.3. The van der Waals surface area contributed by atoms with Crippen LogP contribution < -0.4 is 0 Å². The molecule has 0 rings (SSSR count). The molecule has 0 saturated heterocycles. The molecule has 14 heavy (non-hydrogen) atoms. The van der Waals surface area contributed by atoms with Crippen LogP contribution in [0, 0.1) is 0 Å². The van der Waals surface area contributed by atoms with Crippen LogP contribution in [0.2, 0.25) is 0 Å². The normalized spacial score (nSPS) is 11.0. The molecule has 6 heteroatoms. The van der Waals surface area contributed by atoms with Gasteiger partial charge in [0.15, 0.2) is 0 Å². The minimum absolute atomic E-state index is 0.197. The van der Waals surface area contributed by atoms with Gasteiger partial charge < -0.3 is 4.90 Å². The Balaban J connectivity index is 3.65. The summed E-state index contributed by atoms with van der Waals surface area (Å²) in [4.78, 5) is 12.4. The Labute approximate surface area is 84.2 Å². The molecule has 82 valence electrons. The van der Waals surface area contributed by atoms with E-state index in [1.807, 2.05) is 0 Å². The second-order valence-corrected chi connectivity index (χ2v) is 4.53. The van der Waals surface area contributed by atoms with E-state index in [2.05, 4.69) is 6.58 Å². The van der Waals surface area contributed by atoms with Gasteiger partial charge >= 0.3 is 0 Å². The zero-order valence-corrected chi connectivity index (χ0v) is 8.96. The molecule has 0 atom stereocenters. The Morgan fingerprint density at radius 3 is 2.50 bits per heavy atom. The van der Waals surface area contributed by atoms with E-state index in [4.69, 9.17) is 4.55 Å². The van der Waals surface area contributed by atoms with Crippen LogP contribution in [0.4, 0.5) is 0 Å². The van der Waals surface area contributed by atoms with Crippen molar-refractivity contribution in [1.82, 2.24) is 4.90 Å². The summed E-state index contributed by atoms with van der Waals surface area (Å²) >= 11 is 0. The van der Waals surface area contributed by atoms with Crippen molar-refractivity contribution < 1.29 is 17.8 Å². The molecule has 0 aliphatic heterocycles. The van der Waals surface area contributed by atoms with Crippen LogP contribution in [-0.2, 0) is 14.9 Å². The molecule has 0 spiro atoms. The summed E-state index contributed by atoms with van der Waals surface area (Å²) in [6.07, 6.45) is 2.08. The molecular weight excluding hydrogens is 206 g/mol. The van der Waals surface area contributed by atoms with Crippen molar-refractivity contribution in [3.63, 3.8) is 0 Å². The van der Waals surface area contributed by atoms with Crippen molar-refractivity contribution >= 4 is 16.0 Å². The minimum atomic E-state index is -3.87. The minimum Gasteiger partial charge on any atom is -0.342 e. The van der Waals surface area contributed by atoms with E-state index in [9.17, 15) is 13.2 Å². The fourth-order valence-electron chi connectivity index (χ4n) is 0.899. The summed E-state index contributed by atoms with van der Waals surface area (Å²) < 4.78 is 29.1. The number of carbonyl (C=O) groups is 1. The molecule has 1 N–H and O–H groups in total. The van der Waals surface area contributed by atoms with Crippen molar-refractivity contribution in [2.75, 3.05) is 19.3 Å². The zero-order valence-electron chi connectivity index (χ0n) is 8.14. The molecule has 0 saturated carbocycles. The summed E-state index contributed by atoms with van der Waals surface area (Å²) in [5, 5.41) is 0. The highest BCUT2D eigenvalue weighted by molar-refractivity contribution is 7.85. The molecule has 0 unspecified atom stereocenters. The molecule has 0 aromatic carbocycles. The standard InChI is InChI=1S/C8H15NO4S/c1-3-8(10)9(2)6-4-5-7-14(11,12)13/h3H,1,4-7H2,2H3,(H,11,12,13). The highest BCUT2D eigenvalue weighted by Crippen LogP contribution is 1.97. The third kappa shape index (κ3) is 6.62. The molecule has 1 amide bonds. The van der Waals surface area contributed by atoms with Crippen molar-refractivity contribution in [2.45, 2.75) is 12.8 Å². The number of carbonyl (C=O) groups excluding carboxylic acids is 1. The van der Waals surface area contributed by atoms with Gasteiger partial charge in [-0.2, -0.15) is 8.42 Å². The highest BCUT2D eigenvalue weighted by Gasteiger charge is 2.06. The quantitative estimate of drug-likeness (QED) is 0.397. The molecule has 0 radical (unpaired) electrons. The molecule has 0 aromatic rings. The topological polar surface area (TPSA) is 74.7 Å². The van der Waals surface area contributed by atoms with E-state index in [1.54, 1.807) is 7.05 Å². The van der Waals surface area contributed by atoms with Crippen LogP contribution in [0.15, 0.2) is 12.7 Å². The second kappa shape index (κ2) is 5.77. The van der Waals surface area contributed by atoms with Crippen LogP contribution >= 0.6 is 0 Å². The Hall–Kier alpha value is -0.880. The van der Waals surface area contributed by atoms with E-state index >= 15 is 0 Å². The summed E-state index contributed by atoms with van der Waals surface area (Å²) in [5.74, 6) is -0.458. The van der Waals surface area contributed by atoms with E-state index < -0.39 is 10.1 Å². The third-order valence-electron chi connectivity index (χ3n) is 1.70. The van der Waals surface area contributed by atoms with Gasteiger partial charge in [0.05, 0.1) is 5.75 Å². The van der Waals surface area contributed by atoms with E-state index in [0.29, 0.717) is 19.4 Å². The first-order chi connectivity index (χ1) is 6.37. The number of hydrogen-bond donors (Lipinski definition) is 1. The average Bonchev–Trinajstić information content (AvgIpc) is 2.09. The average molecular weight is 221 g/mol. The maximum atomic E-state index is 10.9. The monoisotopic (exact) mass is 221 g/mol. The van der Waals surface area contributed by atoms with Crippen LogP contribution in [0.25, 0.3) is 0 Å². The predicted octanol–water partition coefficient (Wildman–Crippen LogP) is 0.299. The molecule has 0 aliphatic rings. The van der Waals surface area contributed by atoms with Gasteiger partial charge in [-0.25, -0.2) is 0 Å². The Morgan fingerprint density at radius 2 is 2.07 bits per heavy atom. The SMILES string of the molecule is C=CC(=O)N(C)CCCCS(=O)(=O)O. The molecule has 0 aromatic heterocycles. The smallest absolute Gasteiger partial charge is 0.264 e. The maximum Gasteiger partial charge on any atom is 0.264 e. The van der Waals surface area contributed by atoms with Crippen LogP contribution in [0.5, 0.6) is 0 Å². The number of hydrogen-bond acceptors (Lipinski definition) is 3. The van der Waals surface area contributed by atoms with Gasteiger partial charge in [0, 0.05) is 13.6 Å². The third-order valence-corrected chi connectivity index (χ3v) is 2.50. The van der Waals surface area contributed by atoms with Gasteiger partial charge in [-0.3, -0.25) is 9.35 Å². The lowest BCUT2D eigenvalue weighted by molar-refractivity contribution is -0.124. The zero-order chi connectivity index (χ0) is 11.2. The van der Waals surface area contributed by atoms with Crippen molar-refractivity contribution in [2.24, 2.45) is 0 Å². The van der Waals surface area contributed by atoms with Crippen LogP contribution in [-0.4, -0.2) is 43.1 Å². The largest absolute Gasteiger partial charge is 0.342 e.